The third-order valence-corrected chi connectivity index (χ3v) is 2.87. The number of carbonyl (C=O) groups is 1. The molecule has 1 amide bonds. The van der Waals surface area contributed by atoms with E-state index >= 15 is 0 Å². The van der Waals surface area contributed by atoms with Crippen LogP contribution in [0.2, 0.25) is 0 Å². The number of rotatable bonds is 7. The summed E-state index contributed by atoms with van der Waals surface area (Å²) in [6.07, 6.45) is 0.913. The van der Waals surface area contributed by atoms with Gasteiger partial charge in [0, 0.05) is 24.2 Å². The molecule has 0 spiro atoms. The average Bonchev–Trinajstić information content (AvgIpc) is 2.35. The standard InChI is InChI=1S/C15H23FN2O2/c1-10(2)6-7-18-15(19)9-20-14-8-12(16)4-5-13(14)11(3)17/h4-5,8,10-11H,6-7,9,17H2,1-3H3,(H,18,19)/t11-/m1/s1. The van der Waals surface area contributed by atoms with Crippen LogP contribution in [0, 0.1) is 11.7 Å². The van der Waals surface area contributed by atoms with Crippen LogP contribution in [0.15, 0.2) is 18.2 Å². The topological polar surface area (TPSA) is 64.3 Å². The fourth-order valence-corrected chi connectivity index (χ4v) is 1.70. The summed E-state index contributed by atoms with van der Waals surface area (Å²) < 4.78 is 18.6. The molecule has 0 aliphatic rings. The van der Waals surface area contributed by atoms with Gasteiger partial charge in [-0.25, -0.2) is 4.39 Å². The monoisotopic (exact) mass is 282 g/mol. The zero-order valence-electron chi connectivity index (χ0n) is 12.3. The summed E-state index contributed by atoms with van der Waals surface area (Å²) >= 11 is 0. The number of halogens is 1. The molecule has 1 rings (SSSR count). The van der Waals surface area contributed by atoms with Crippen molar-refractivity contribution in [1.29, 1.82) is 0 Å². The first-order chi connectivity index (χ1) is 9.40. The van der Waals surface area contributed by atoms with Crippen molar-refractivity contribution >= 4 is 5.91 Å². The van der Waals surface area contributed by atoms with E-state index in [0.717, 1.165) is 6.42 Å². The lowest BCUT2D eigenvalue weighted by molar-refractivity contribution is -0.123. The number of nitrogens with two attached hydrogens (primary N) is 1. The molecule has 0 aliphatic heterocycles. The van der Waals surface area contributed by atoms with Crippen molar-refractivity contribution in [2.75, 3.05) is 13.2 Å². The molecule has 0 saturated carbocycles. The van der Waals surface area contributed by atoms with Crippen LogP contribution in [-0.2, 0) is 4.79 Å². The second-order valence-corrected chi connectivity index (χ2v) is 5.29. The van der Waals surface area contributed by atoms with Crippen molar-refractivity contribution in [3.63, 3.8) is 0 Å². The molecule has 1 aromatic carbocycles. The Morgan fingerprint density at radius 3 is 2.70 bits per heavy atom. The van der Waals surface area contributed by atoms with Crippen LogP contribution >= 0.6 is 0 Å². The lowest BCUT2D eigenvalue weighted by Crippen LogP contribution is -2.30. The van der Waals surface area contributed by atoms with E-state index < -0.39 is 5.82 Å². The van der Waals surface area contributed by atoms with E-state index in [9.17, 15) is 9.18 Å². The molecule has 1 atom stereocenters. The molecule has 0 fully saturated rings. The second kappa shape index (κ2) is 7.85. The molecule has 112 valence electrons. The summed E-state index contributed by atoms with van der Waals surface area (Å²) in [6.45, 7) is 6.43. The van der Waals surface area contributed by atoms with Crippen LogP contribution in [0.3, 0.4) is 0 Å². The normalized spacial score (nSPS) is 12.3. The Kier molecular flexibility index (Phi) is 6.45. The first-order valence-electron chi connectivity index (χ1n) is 6.84. The van der Waals surface area contributed by atoms with Gasteiger partial charge in [0.2, 0.25) is 0 Å². The maximum atomic E-state index is 13.2. The van der Waals surface area contributed by atoms with E-state index in [-0.39, 0.29) is 18.6 Å². The van der Waals surface area contributed by atoms with Crippen molar-refractivity contribution in [2.24, 2.45) is 11.7 Å². The Morgan fingerprint density at radius 2 is 2.10 bits per heavy atom. The smallest absolute Gasteiger partial charge is 0.257 e. The number of hydrogen-bond acceptors (Lipinski definition) is 3. The van der Waals surface area contributed by atoms with Crippen molar-refractivity contribution in [3.05, 3.63) is 29.6 Å². The first-order valence-corrected chi connectivity index (χ1v) is 6.84. The number of benzene rings is 1. The van der Waals surface area contributed by atoms with Crippen LogP contribution in [0.4, 0.5) is 4.39 Å². The molecule has 0 saturated heterocycles. The Labute approximate surface area is 119 Å². The van der Waals surface area contributed by atoms with Gasteiger partial charge in [-0.05, 0) is 25.3 Å². The Hall–Kier alpha value is -1.62. The number of ether oxygens (including phenoxy) is 1. The third kappa shape index (κ3) is 5.57. The lowest BCUT2D eigenvalue weighted by atomic mass is 10.1. The summed E-state index contributed by atoms with van der Waals surface area (Å²) in [4.78, 5) is 11.6. The van der Waals surface area contributed by atoms with E-state index in [2.05, 4.69) is 19.2 Å². The number of hydrogen-bond donors (Lipinski definition) is 2. The van der Waals surface area contributed by atoms with Crippen LogP contribution in [0.25, 0.3) is 0 Å². The average molecular weight is 282 g/mol. The Balaban J connectivity index is 2.52. The van der Waals surface area contributed by atoms with Crippen molar-refractivity contribution in [2.45, 2.75) is 33.2 Å². The molecule has 4 nitrogen and oxygen atoms in total. The summed E-state index contributed by atoms with van der Waals surface area (Å²) in [5, 5.41) is 2.76. The summed E-state index contributed by atoms with van der Waals surface area (Å²) in [6, 6.07) is 3.87. The van der Waals surface area contributed by atoms with Gasteiger partial charge in [-0.3, -0.25) is 4.79 Å². The summed E-state index contributed by atoms with van der Waals surface area (Å²) in [5.74, 6) is 0.221. The van der Waals surface area contributed by atoms with Gasteiger partial charge in [-0.15, -0.1) is 0 Å². The lowest BCUT2D eigenvalue weighted by Gasteiger charge is -2.14. The van der Waals surface area contributed by atoms with E-state index in [0.29, 0.717) is 23.8 Å². The molecule has 0 radical (unpaired) electrons. The van der Waals surface area contributed by atoms with Crippen molar-refractivity contribution in [1.82, 2.24) is 5.32 Å². The van der Waals surface area contributed by atoms with Gasteiger partial charge < -0.3 is 15.8 Å². The molecule has 20 heavy (non-hydrogen) atoms. The van der Waals surface area contributed by atoms with Crippen molar-refractivity contribution in [3.8, 4) is 5.75 Å². The molecule has 0 heterocycles. The second-order valence-electron chi connectivity index (χ2n) is 5.29. The first kappa shape index (κ1) is 16.4. The van der Waals surface area contributed by atoms with Gasteiger partial charge in [-0.1, -0.05) is 19.9 Å². The minimum atomic E-state index is -0.412. The van der Waals surface area contributed by atoms with Gasteiger partial charge in [-0.2, -0.15) is 0 Å². The molecule has 3 N–H and O–H groups in total. The maximum Gasteiger partial charge on any atom is 0.257 e. The van der Waals surface area contributed by atoms with Crippen LogP contribution < -0.4 is 15.8 Å². The Bertz CT molecular complexity index is 447. The fraction of sp³-hybridized carbons (Fsp3) is 0.533. The SMILES string of the molecule is CC(C)CCNC(=O)COc1cc(F)ccc1[C@@H](C)N. The highest BCUT2D eigenvalue weighted by Crippen LogP contribution is 2.24. The quantitative estimate of drug-likeness (QED) is 0.807. The van der Waals surface area contributed by atoms with Gasteiger partial charge in [0.1, 0.15) is 11.6 Å². The molecule has 0 aliphatic carbocycles. The molecular formula is C15H23FN2O2. The molecular weight excluding hydrogens is 259 g/mol. The van der Waals surface area contributed by atoms with Gasteiger partial charge in [0.25, 0.3) is 5.91 Å². The zero-order chi connectivity index (χ0) is 15.1. The maximum absolute atomic E-state index is 13.2. The largest absolute Gasteiger partial charge is 0.483 e. The van der Waals surface area contributed by atoms with E-state index in [4.69, 9.17) is 10.5 Å². The number of amides is 1. The molecule has 0 aromatic heterocycles. The molecule has 1 aromatic rings. The summed E-state index contributed by atoms with van der Waals surface area (Å²) in [5.41, 5.74) is 6.46. The fourth-order valence-electron chi connectivity index (χ4n) is 1.70. The van der Waals surface area contributed by atoms with Gasteiger partial charge in [0.15, 0.2) is 6.61 Å². The number of nitrogens with one attached hydrogen (secondary N) is 1. The van der Waals surface area contributed by atoms with Gasteiger partial charge in [0.05, 0.1) is 0 Å². The minimum absolute atomic E-state index is 0.138. The molecule has 0 bridgehead atoms. The highest BCUT2D eigenvalue weighted by Gasteiger charge is 2.11. The Morgan fingerprint density at radius 1 is 1.40 bits per heavy atom. The van der Waals surface area contributed by atoms with E-state index in [1.807, 2.05) is 0 Å². The molecule has 0 unspecified atom stereocenters. The highest BCUT2D eigenvalue weighted by molar-refractivity contribution is 5.77. The third-order valence-electron chi connectivity index (χ3n) is 2.87. The molecule has 5 heteroatoms. The van der Waals surface area contributed by atoms with Gasteiger partial charge >= 0.3 is 0 Å². The van der Waals surface area contributed by atoms with Crippen molar-refractivity contribution < 1.29 is 13.9 Å². The highest BCUT2D eigenvalue weighted by atomic mass is 19.1. The van der Waals surface area contributed by atoms with E-state index in [1.54, 1.807) is 13.0 Å². The minimum Gasteiger partial charge on any atom is -0.483 e. The zero-order valence-corrected chi connectivity index (χ0v) is 12.3. The number of carbonyl (C=O) groups excluding carboxylic acids is 1. The predicted molar refractivity (Wildman–Crippen MR) is 77.0 cm³/mol. The van der Waals surface area contributed by atoms with Crippen LogP contribution in [-0.4, -0.2) is 19.1 Å². The summed E-state index contributed by atoms with van der Waals surface area (Å²) in [7, 11) is 0. The van der Waals surface area contributed by atoms with E-state index in [1.165, 1.54) is 12.1 Å². The van der Waals surface area contributed by atoms with Crippen LogP contribution in [0.5, 0.6) is 5.75 Å². The van der Waals surface area contributed by atoms with Crippen LogP contribution in [0.1, 0.15) is 38.8 Å². The predicted octanol–water partition coefficient (Wildman–Crippen LogP) is 2.39.